The molecule has 1 fully saturated rings. The maximum Gasteiger partial charge on any atom is 0.322 e. The van der Waals surface area contributed by atoms with Crippen molar-refractivity contribution in [3.63, 3.8) is 0 Å². The Morgan fingerprint density at radius 1 is 1.14 bits per heavy atom. The van der Waals surface area contributed by atoms with Gasteiger partial charge in [0.25, 0.3) is 5.91 Å². The molecule has 1 aromatic carbocycles. The lowest BCUT2D eigenvalue weighted by atomic mass is 10.0. The van der Waals surface area contributed by atoms with E-state index in [4.69, 9.17) is 4.74 Å². The van der Waals surface area contributed by atoms with E-state index in [0.29, 0.717) is 57.2 Å². The fraction of sp³-hybridized carbons (Fsp3) is 0.421. The quantitative estimate of drug-likeness (QED) is 0.765. The Balaban J connectivity index is 1.53. The number of aromatic nitrogens is 2. The number of hydrogen-bond acceptors (Lipinski definition) is 4. The summed E-state index contributed by atoms with van der Waals surface area (Å²) in [4.78, 5) is 29.2. The molecule has 3 amide bonds. The van der Waals surface area contributed by atoms with Gasteiger partial charge in [0.15, 0.2) is 5.69 Å². The topological polar surface area (TPSA) is 79.7 Å². The SMILES string of the molecule is Cn1nc(C(=O)N2CCOCC2)c2c1CCN(C(=O)Nc1ccccc1Br)C2. The van der Waals surface area contributed by atoms with Crippen LogP contribution < -0.4 is 5.32 Å². The second-order valence-electron chi connectivity index (χ2n) is 6.88. The van der Waals surface area contributed by atoms with Gasteiger partial charge in [-0.25, -0.2) is 4.79 Å². The summed E-state index contributed by atoms with van der Waals surface area (Å²) in [5, 5.41) is 7.41. The molecule has 0 unspecified atom stereocenters. The molecule has 4 rings (SSSR count). The van der Waals surface area contributed by atoms with Gasteiger partial charge < -0.3 is 19.9 Å². The van der Waals surface area contributed by atoms with Crippen LogP contribution in [0.3, 0.4) is 0 Å². The molecule has 2 aromatic rings. The van der Waals surface area contributed by atoms with E-state index in [1.807, 2.05) is 31.3 Å². The van der Waals surface area contributed by atoms with E-state index in [1.165, 1.54) is 0 Å². The fourth-order valence-electron chi connectivity index (χ4n) is 3.61. The van der Waals surface area contributed by atoms with E-state index in [-0.39, 0.29) is 11.9 Å². The van der Waals surface area contributed by atoms with E-state index in [1.54, 1.807) is 14.5 Å². The predicted molar refractivity (Wildman–Crippen MR) is 107 cm³/mol. The third kappa shape index (κ3) is 3.64. The predicted octanol–water partition coefficient (Wildman–Crippen LogP) is 2.25. The van der Waals surface area contributed by atoms with Gasteiger partial charge in [0.05, 0.1) is 25.4 Å². The molecule has 2 aliphatic heterocycles. The molecule has 1 N–H and O–H groups in total. The number of aryl methyl sites for hydroxylation is 1. The van der Waals surface area contributed by atoms with Gasteiger partial charge in [-0.05, 0) is 28.1 Å². The van der Waals surface area contributed by atoms with Crippen LogP contribution in [-0.2, 0) is 24.8 Å². The number of ether oxygens (including phenoxy) is 1. The summed E-state index contributed by atoms with van der Waals surface area (Å²) in [5.41, 5.74) is 3.01. The minimum Gasteiger partial charge on any atom is -0.378 e. The van der Waals surface area contributed by atoms with Crippen molar-refractivity contribution in [2.24, 2.45) is 7.05 Å². The van der Waals surface area contributed by atoms with Gasteiger partial charge in [0.2, 0.25) is 0 Å². The van der Waals surface area contributed by atoms with Crippen molar-refractivity contribution in [2.75, 3.05) is 38.2 Å². The van der Waals surface area contributed by atoms with Crippen LogP contribution in [0.15, 0.2) is 28.7 Å². The van der Waals surface area contributed by atoms with Crippen LogP contribution in [0.2, 0.25) is 0 Å². The smallest absolute Gasteiger partial charge is 0.322 e. The molecule has 1 saturated heterocycles. The Hall–Kier alpha value is -2.39. The molecule has 0 aliphatic carbocycles. The fourth-order valence-corrected chi connectivity index (χ4v) is 3.99. The molecule has 0 radical (unpaired) electrons. The number of anilines is 1. The van der Waals surface area contributed by atoms with Crippen LogP contribution in [0.5, 0.6) is 0 Å². The number of hydrogen-bond donors (Lipinski definition) is 1. The first-order valence-electron chi connectivity index (χ1n) is 9.27. The number of urea groups is 1. The molecule has 8 nitrogen and oxygen atoms in total. The number of nitrogens with one attached hydrogen (secondary N) is 1. The molecule has 2 aliphatic rings. The molecule has 3 heterocycles. The zero-order valence-corrected chi connectivity index (χ0v) is 17.2. The highest BCUT2D eigenvalue weighted by molar-refractivity contribution is 9.10. The number of fused-ring (bicyclic) bond motifs is 1. The largest absolute Gasteiger partial charge is 0.378 e. The second-order valence-corrected chi connectivity index (χ2v) is 7.74. The van der Waals surface area contributed by atoms with Crippen LogP contribution in [0, 0.1) is 0 Å². The summed E-state index contributed by atoms with van der Waals surface area (Å²) < 4.78 is 7.93. The number of para-hydroxylation sites is 1. The third-order valence-electron chi connectivity index (χ3n) is 5.15. The number of morpholine rings is 1. The van der Waals surface area contributed by atoms with Crippen molar-refractivity contribution in [3.05, 3.63) is 45.7 Å². The average Bonchev–Trinajstić information content (AvgIpc) is 3.06. The summed E-state index contributed by atoms with van der Waals surface area (Å²) in [6.45, 7) is 3.16. The van der Waals surface area contributed by atoms with Gasteiger partial charge in [-0.15, -0.1) is 0 Å². The van der Waals surface area contributed by atoms with Crippen molar-refractivity contribution < 1.29 is 14.3 Å². The van der Waals surface area contributed by atoms with E-state index in [2.05, 4.69) is 26.3 Å². The van der Waals surface area contributed by atoms with Crippen molar-refractivity contribution in [1.82, 2.24) is 19.6 Å². The Labute approximate surface area is 171 Å². The zero-order chi connectivity index (χ0) is 19.7. The highest BCUT2D eigenvalue weighted by Crippen LogP contribution is 2.26. The molecule has 0 saturated carbocycles. The molecule has 28 heavy (non-hydrogen) atoms. The number of carbonyl (C=O) groups is 2. The lowest BCUT2D eigenvalue weighted by molar-refractivity contribution is 0.0297. The second kappa shape index (κ2) is 7.92. The van der Waals surface area contributed by atoms with Gasteiger partial charge in [0.1, 0.15) is 0 Å². The number of rotatable bonds is 2. The molecule has 0 bridgehead atoms. The van der Waals surface area contributed by atoms with Gasteiger partial charge in [-0.1, -0.05) is 12.1 Å². The normalized spacial score (nSPS) is 16.6. The summed E-state index contributed by atoms with van der Waals surface area (Å²) >= 11 is 3.45. The lowest BCUT2D eigenvalue weighted by Gasteiger charge is -2.29. The first kappa shape index (κ1) is 18.9. The number of nitrogens with zero attached hydrogens (tertiary/aromatic N) is 4. The van der Waals surface area contributed by atoms with Crippen LogP contribution in [0.4, 0.5) is 10.5 Å². The minimum atomic E-state index is -0.189. The summed E-state index contributed by atoms with van der Waals surface area (Å²) in [7, 11) is 1.85. The Kier molecular flexibility index (Phi) is 5.36. The van der Waals surface area contributed by atoms with Crippen molar-refractivity contribution in [2.45, 2.75) is 13.0 Å². The van der Waals surface area contributed by atoms with E-state index < -0.39 is 0 Å². The Bertz CT molecular complexity index is 907. The average molecular weight is 448 g/mol. The van der Waals surface area contributed by atoms with Crippen molar-refractivity contribution in [3.8, 4) is 0 Å². The van der Waals surface area contributed by atoms with Gasteiger partial charge in [0, 0.05) is 48.8 Å². The molecular weight excluding hydrogens is 426 g/mol. The van der Waals surface area contributed by atoms with Crippen LogP contribution in [-0.4, -0.2) is 64.4 Å². The van der Waals surface area contributed by atoms with E-state index >= 15 is 0 Å². The summed E-state index contributed by atoms with van der Waals surface area (Å²) in [5.74, 6) is -0.0896. The molecular formula is C19H22BrN5O3. The molecule has 0 spiro atoms. The van der Waals surface area contributed by atoms with Crippen molar-refractivity contribution in [1.29, 1.82) is 0 Å². The maximum atomic E-state index is 13.0. The molecule has 0 atom stereocenters. The zero-order valence-electron chi connectivity index (χ0n) is 15.7. The van der Waals surface area contributed by atoms with Gasteiger partial charge in [-0.3, -0.25) is 9.48 Å². The maximum absolute atomic E-state index is 13.0. The molecule has 1 aromatic heterocycles. The number of benzene rings is 1. The third-order valence-corrected chi connectivity index (χ3v) is 5.84. The van der Waals surface area contributed by atoms with Gasteiger partial charge in [-0.2, -0.15) is 5.10 Å². The summed E-state index contributed by atoms with van der Waals surface area (Å²) in [6.07, 6.45) is 0.665. The van der Waals surface area contributed by atoms with Gasteiger partial charge >= 0.3 is 6.03 Å². The van der Waals surface area contributed by atoms with Crippen molar-refractivity contribution >= 4 is 33.6 Å². The first-order valence-corrected chi connectivity index (χ1v) is 10.1. The summed E-state index contributed by atoms with van der Waals surface area (Å²) in [6, 6.07) is 7.30. The highest BCUT2D eigenvalue weighted by atomic mass is 79.9. The Morgan fingerprint density at radius 3 is 2.64 bits per heavy atom. The first-order chi connectivity index (χ1) is 13.5. The molecule has 9 heteroatoms. The monoisotopic (exact) mass is 447 g/mol. The number of halogens is 1. The minimum absolute atomic E-state index is 0.0896. The number of amides is 3. The highest BCUT2D eigenvalue weighted by Gasteiger charge is 2.31. The van der Waals surface area contributed by atoms with Crippen LogP contribution in [0.1, 0.15) is 21.7 Å². The van der Waals surface area contributed by atoms with Crippen LogP contribution >= 0.6 is 15.9 Å². The van der Waals surface area contributed by atoms with E-state index in [9.17, 15) is 9.59 Å². The van der Waals surface area contributed by atoms with Crippen LogP contribution in [0.25, 0.3) is 0 Å². The van der Waals surface area contributed by atoms with E-state index in [0.717, 1.165) is 15.7 Å². The number of carbonyl (C=O) groups excluding carboxylic acids is 2. The Morgan fingerprint density at radius 2 is 1.89 bits per heavy atom. The lowest BCUT2D eigenvalue weighted by Crippen LogP contribution is -2.42. The standard InChI is InChI=1S/C19H22BrN5O3/c1-23-16-6-7-25(19(27)21-15-5-3-2-4-14(15)20)12-13(16)17(22-23)18(26)24-8-10-28-11-9-24/h2-5H,6-12H2,1H3,(H,21,27). The molecule has 148 valence electrons.